The largest absolute Gasteiger partial charge is 0.490 e. The van der Waals surface area contributed by atoms with Gasteiger partial charge in [0.25, 0.3) is 11.8 Å². The Hall–Kier alpha value is -3.74. The van der Waals surface area contributed by atoms with Crippen molar-refractivity contribution in [3.8, 4) is 5.75 Å². The first kappa shape index (κ1) is 24.3. The van der Waals surface area contributed by atoms with E-state index in [2.05, 4.69) is 13.2 Å². The maximum atomic E-state index is 12.1. The number of ketones is 1. The lowest BCUT2D eigenvalue weighted by Gasteiger charge is -2.12. The molecular formula is C23H25NO6. The highest BCUT2D eigenvalue weighted by Gasteiger charge is 2.40. The van der Waals surface area contributed by atoms with Gasteiger partial charge in [0.05, 0.1) is 11.1 Å². The van der Waals surface area contributed by atoms with E-state index in [0.29, 0.717) is 16.2 Å². The molecule has 0 saturated heterocycles. The van der Waals surface area contributed by atoms with E-state index >= 15 is 0 Å². The molecule has 0 N–H and O–H groups in total. The fourth-order valence-electron chi connectivity index (χ4n) is 2.49. The highest BCUT2D eigenvalue weighted by Crippen LogP contribution is 2.23. The van der Waals surface area contributed by atoms with Crippen molar-refractivity contribution in [2.24, 2.45) is 0 Å². The molecule has 0 radical (unpaired) electrons. The number of benzene rings is 2. The van der Waals surface area contributed by atoms with Crippen molar-refractivity contribution < 1.29 is 28.7 Å². The number of amides is 3. The Morgan fingerprint density at radius 2 is 1.37 bits per heavy atom. The minimum Gasteiger partial charge on any atom is -0.490 e. The number of ether oxygens (including phenoxy) is 2. The minimum atomic E-state index is -1.04. The Balaban J connectivity index is 0.00000106. The average molecular weight is 411 g/mol. The van der Waals surface area contributed by atoms with E-state index in [4.69, 9.17) is 9.47 Å². The number of fused-ring (bicyclic) bond motifs is 1. The molecule has 0 atom stereocenters. The summed E-state index contributed by atoms with van der Waals surface area (Å²) in [6.07, 6.45) is -1.04. The van der Waals surface area contributed by atoms with Crippen molar-refractivity contribution in [1.82, 2.24) is 4.90 Å². The number of hydrogen-bond acceptors (Lipinski definition) is 6. The summed E-state index contributed by atoms with van der Waals surface area (Å²) in [5.41, 5.74) is 0.918. The number of imide groups is 3. The Morgan fingerprint density at radius 3 is 1.83 bits per heavy atom. The fourth-order valence-corrected chi connectivity index (χ4v) is 2.49. The molecule has 0 unspecified atom stereocenters. The molecule has 3 amide bonds. The first-order chi connectivity index (χ1) is 14.5. The quantitative estimate of drug-likeness (QED) is 0.311. The molecule has 1 aliphatic rings. The lowest BCUT2D eigenvalue weighted by Crippen LogP contribution is -2.37. The van der Waals surface area contributed by atoms with Gasteiger partial charge in [-0.15, -0.1) is 13.2 Å². The molecule has 7 nitrogen and oxygen atoms in total. The molecule has 2 aromatic rings. The third-order valence-corrected chi connectivity index (χ3v) is 3.82. The molecule has 0 aromatic heterocycles. The summed E-state index contributed by atoms with van der Waals surface area (Å²) in [7, 11) is 0. The van der Waals surface area contributed by atoms with Crippen LogP contribution in [-0.4, -0.2) is 41.8 Å². The second kappa shape index (κ2) is 12.0. The summed E-state index contributed by atoms with van der Waals surface area (Å²) >= 11 is 0. The van der Waals surface area contributed by atoms with Gasteiger partial charge in [-0.2, -0.15) is 4.90 Å². The molecule has 1 heterocycles. The van der Waals surface area contributed by atoms with Gasteiger partial charge in [-0.1, -0.05) is 26.0 Å². The van der Waals surface area contributed by atoms with Gasteiger partial charge in [-0.3, -0.25) is 14.4 Å². The zero-order chi connectivity index (χ0) is 22.7. The van der Waals surface area contributed by atoms with Crippen molar-refractivity contribution in [3.05, 3.63) is 78.4 Å². The molecule has 0 bridgehead atoms. The molecule has 7 heteroatoms. The van der Waals surface area contributed by atoms with Crippen molar-refractivity contribution in [2.75, 3.05) is 13.2 Å². The van der Waals surface area contributed by atoms with Crippen LogP contribution in [0.15, 0.2) is 61.7 Å². The van der Waals surface area contributed by atoms with Crippen molar-refractivity contribution >= 4 is 23.7 Å². The first-order valence-corrected chi connectivity index (χ1v) is 9.37. The van der Waals surface area contributed by atoms with Gasteiger partial charge in [0.1, 0.15) is 19.0 Å². The number of hydrogen-bond donors (Lipinski definition) is 0. The van der Waals surface area contributed by atoms with E-state index in [-0.39, 0.29) is 30.1 Å². The predicted molar refractivity (Wildman–Crippen MR) is 113 cm³/mol. The highest BCUT2D eigenvalue weighted by atomic mass is 16.6. The van der Waals surface area contributed by atoms with Crippen LogP contribution in [-0.2, 0) is 4.74 Å². The van der Waals surface area contributed by atoms with Crippen LogP contribution in [0, 0.1) is 0 Å². The maximum absolute atomic E-state index is 12.1. The average Bonchev–Trinajstić information content (AvgIpc) is 3.04. The third-order valence-electron chi connectivity index (χ3n) is 3.82. The fraction of sp³-hybridized carbons (Fsp3) is 0.217. The van der Waals surface area contributed by atoms with Gasteiger partial charge in [-0.05, 0) is 43.3 Å². The van der Waals surface area contributed by atoms with Crippen molar-refractivity contribution in [2.45, 2.75) is 20.8 Å². The smallest absolute Gasteiger partial charge is 0.424 e. The monoisotopic (exact) mass is 411 g/mol. The summed E-state index contributed by atoms with van der Waals surface area (Å²) in [6.45, 7) is 11.4. The molecule has 30 heavy (non-hydrogen) atoms. The zero-order valence-electron chi connectivity index (χ0n) is 17.3. The van der Waals surface area contributed by atoms with E-state index in [1.165, 1.54) is 19.1 Å². The van der Waals surface area contributed by atoms with Crippen LogP contribution in [0.1, 0.15) is 51.8 Å². The summed E-state index contributed by atoms with van der Waals surface area (Å²) in [5, 5.41) is 0. The molecule has 158 valence electrons. The predicted octanol–water partition coefficient (Wildman–Crippen LogP) is 4.53. The maximum Gasteiger partial charge on any atom is 0.424 e. The van der Waals surface area contributed by atoms with Crippen LogP contribution in [0.25, 0.3) is 0 Å². The number of nitrogens with zero attached hydrogens (tertiary/aromatic N) is 1. The van der Waals surface area contributed by atoms with E-state index in [0.717, 1.165) is 0 Å². The summed E-state index contributed by atoms with van der Waals surface area (Å²) in [6, 6.07) is 12.7. The van der Waals surface area contributed by atoms with Crippen LogP contribution in [0.4, 0.5) is 4.79 Å². The van der Waals surface area contributed by atoms with Gasteiger partial charge in [0.15, 0.2) is 5.78 Å². The van der Waals surface area contributed by atoms with Crippen molar-refractivity contribution in [3.63, 3.8) is 0 Å². The number of carbonyl (C=O) groups excluding carboxylic acids is 4. The number of carbonyl (C=O) groups is 4. The lowest BCUT2D eigenvalue weighted by atomic mass is 10.1. The van der Waals surface area contributed by atoms with Crippen LogP contribution in [0.5, 0.6) is 5.75 Å². The Labute approximate surface area is 175 Å². The highest BCUT2D eigenvalue weighted by molar-refractivity contribution is 6.28. The Kier molecular flexibility index (Phi) is 9.69. The normalized spacial score (nSPS) is 11.4. The van der Waals surface area contributed by atoms with Crippen LogP contribution in [0.2, 0.25) is 0 Å². The topological polar surface area (TPSA) is 90.0 Å². The van der Waals surface area contributed by atoms with Crippen LogP contribution in [0.3, 0.4) is 0 Å². The first-order valence-electron chi connectivity index (χ1n) is 9.37. The summed E-state index contributed by atoms with van der Waals surface area (Å²) < 4.78 is 10.3. The van der Waals surface area contributed by atoms with E-state index in [1.807, 2.05) is 13.8 Å². The lowest BCUT2D eigenvalue weighted by molar-refractivity contribution is 0.0559. The molecule has 1 aliphatic heterocycles. The van der Waals surface area contributed by atoms with E-state index in [1.54, 1.807) is 36.4 Å². The standard InChI is InChI=1S/C19H15NO6.C2H6.C2H4/c1-12(21)13-6-8-14(9-7-13)25-10-11-26-19(24)20-17(22)15-4-2-3-5-16(15)18(20)23;2*1-2/h2-9H,10-11H2,1H3;1-2H3;1-2H2. The summed E-state index contributed by atoms with van der Waals surface area (Å²) in [4.78, 5) is 48.0. The van der Waals surface area contributed by atoms with E-state index < -0.39 is 17.9 Å². The van der Waals surface area contributed by atoms with Crippen LogP contribution >= 0.6 is 0 Å². The zero-order valence-corrected chi connectivity index (χ0v) is 17.3. The van der Waals surface area contributed by atoms with E-state index in [9.17, 15) is 19.2 Å². The van der Waals surface area contributed by atoms with Crippen molar-refractivity contribution in [1.29, 1.82) is 0 Å². The molecule has 0 spiro atoms. The molecule has 0 saturated carbocycles. The summed E-state index contributed by atoms with van der Waals surface area (Å²) in [5.74, 6) is -0.939. The van der Waals surface area contributed by atoms with Crippen LogP contribution < -0.4 is 4.74 Å². The van der Waals surface area contributed by atoms with Gasteiger partial charge >= 0.3 is 6.09 Å². The molecule has 0 fully saturated rings. The van der Waals surface area contributed by atoms with Gasteiger partial charge < -0.3 is 9.47 Å². The van der Waals surface area contributed by atoms with Gasteiger partial charge in [0, 0.05) is 5.56 Å². The molecule has 3 rings (SSSR count). The second-order valence-corrected chi connectivity index (χ2v) is 5.53. The molecule has 2 aromatic carbocycles. The second-order valence-electron chi connectivity index (χ2n) is 5.53. The van der Waals surface area contributed by atoms with Gasteiger partial charge in [0.2, 0.25) is 0 Å². The molecular weight excluding hydrogens is 386 g/mol. The Morgan fingerprint density at radius 1 is 0.867 bits per heavy atom. The van der Waals surface area contributed by atoms with Gasteiger partial charge in [-0.25, -0.2) is 4.79 Å². The Bertz CT molecular complexity index is 869. The number of rotatable bonds is 5. The number of Topliss-reactive ketones (excluding diaryl/α,β-unsaturated/α-hetero) is 1. The molecule has 0 aliphatic carbocycles. The minimum absolute atomic E-state index is 0.0360. The third kappa shape index (κ3) is 5.64. The SMILES string of the molecule is C=C.CC.CC(=O)c1ccc(OCCOC(=O)N2C(=O)c3ccccc3C2=O)cc1.